The van der Waals surface area contributed by atoms with Gasteiger partial charge in [-0.3, -0.25) is 0 Å². The minimum absolute atomic E-state index is 0.336. The van der Waals surface area contributed by atoms with Gasteiger partial charge < -0.3 is 29.9 Å². The molecule has 1 aliphatic heterocycles. The maximum Gasteiger partial charge on any atom is 0.119 e. The first-order valence-corrected chi connectivity index (χ1v) is 11.1. The summed E-state index contributed by atoms with van der Waals surface area (Å²) in [6.45, 7) is 1.60. The van der Waals surface area contributed by atoms with E-state index in [9.17, 15) is 20.4 Å². The topological polar surface area (TPSA) is 99.4 Å². The number of aryl methyl sites for hydroxylation is 1. The van der Waals surface area contributed by atoms with Crippen LogP contribution in [0, 0.1) is 6.92 Å². The summed E-state index contributed by atoms with van der Waals surface area (Å²) in [4.78, 5) is 0. The minimum atomic E-state index is -1.38. The van der Waals surface area contributed by atoms with E-state index in [2.05, 4.69) is 12.1 Å². The monoisotopic (exact) mass is 428 g/mol. The van der Waals surface area contributed by atoms with Crippen LogP contribution in [0.5, 0.6) is 5.75 Å². The first-order valence-electron chi connectivity index (χ1n) is 11.1. The van der Waals surface area contributed by atoms with Gasteiger partial charge in [0.1, 0.15) is 36.3 Å². The zero-order chi connectivity index (χ0) is 22.0. The van der Waals surface area contributed by atoms with Crippen LogP contribution in [-0.4, -0.2) is 57.6 Å². The maximum absolute atomic E-state index is 10.4. The van der Waals surface area contributed by atoms with Gasteiger partial charge in [0.25, 0.3) is 0 Å². The lowest BCUT2D eigenvalue weighted by Crippen LogP contribution is -2.55. The normalized spacial score (nSPS) is 29.3. The van der Waals surface area contributed by atoms with Crippen LogP contribution in [0.15, 0.2) is 42.5 Å². The molecule has 168 valence electrons. The predicted molar refractivity (Wildman–Crippen MR) is 116 cm³/mol. The van der Waals surface area contributed by atoms with Crippen molar-refractivity contribution in [2.75, 3.05) is 6.61 Å². The number of hydrogen-bond donors (Lipinski definition) is 4. The Morgan fingerprint density at radius 3 is 2.32 bits per heavy atom. The number of benzene rings is 2. The number of aliphatic hydroxyl groups excluding tert-OH is 4. The highest BCUT2D eigenvalue weighted by molar-refractivity contribution is 5.38. The van der Waals surface area contributed by atoms with Gasteiger partial charge in [-0.15, -0.1) is 0 Å². The fourth-order valence-electron chi connectivity index (χ4n) is 4.54. The van der Waals surface area contributed by atoms with Crippen LogP contribution in [-0.2, 0) is 11.2 Å². The molecular weight excluding hydrogens is 396 g/mol. The van der Waals surface area contributed by atoms with Crippen molar-refractivity contribution in [1.82, 2.24) is 0 Å². The lowest BCUT2D eigenvalue weighted by atomic mass is 9.89. The summed E-state index contributed by atoms with van der Waals surface area (Å²) in [7, 11) is 0. The molecule has 0 spiro atoms. The van der Waals surface area contributed by atoms with Gasteiger partial charge in [0.15, 0.2) is 0 Å². The molecule has 5 atom stereocenters. The molecule has 1 aliphatic carbocycles. The molecule has 0 amide bonds. The van der Waals surface area contributed by atoms with E-state index in [1.807, 2.05) is 37.3 Å². The van der Waals surface area contributed by atoms with Crippen LogP contribution in [0.2, 0.25) is 0 Å². The molecule has 0 radical (unpaired) electrons. The predicted octanol–water partition coefficient (Wildman–Crippen LogP) is 2.42. The number of hydrogen-bond acceptors (Lipinski definition) is 6. The Labute approximate surface area is 183 Å². The van der Waals surface area contributed by atoms with Crippen molar-refractivity contribution >= 4 is 0 Å². The highest BCUT2D eigenvalue weighted by Crippen LogP contribution is 2.33. The Balaban J connectivity index is 1.49. The fourth-order valence-corrected chi connectivity index (χ4v) is 4.54. The zero-order valence-corrected chi connectivity index (χ0v) is 17.9. The summed E-state index contributed by atoms with van der Waals surface area (Å²) in [6, 6.07) is 14.0. The molecule has 1 saturated carbocycles. The van der Waals surface area contributed by atoms with E-state index in [0.717, 1.165) is 35.3 Å². The molecule has 2 aromatic carbocycles. The van der Waals surface area contributed by atoms with Gasteiger partial charge in [0.2, 0.25) is 0 Å². The second-order valence-electron chi connectivity index (χ2n) is 8.78. The highest BCUT2D eigenvalue weighted by Gasteiger charge is 2.43. The fraction of sp³-hybridized carbons (Fsp3) is 0.520. The molecule has 2 fully saturated rings. The van der Waals surface area contributed by atoms with Crippen LogP contribution in [0.4, 0.5) is 0 Å². The minimum Gasteiger partial charge on any atom is -0.490 e. The van der Waals surface area contributed by atoms with Gasteiger partial charge in [0.05, 0.1) is 12.7 Å². The Bertz CT molecular complexity index is 859. The second kappa shape index (κ2) is 9.67. The quantitative estimate of drug-likeness (QED) is 0.564. The van der Waals surface area contributed by atoms with Gasteiger partial charge in [-0.2, -0.15) is 0 Å². The molecule has 31 heavy (non-hydrogen) atoms. The van der Waals surface area contributed by atoms with E-state index in [-0.39, 0.29) is 0 Å². The third kappa shape index (κ3) is 4.94. The van der Waals surface area contributed by atoms with Crippen molar-refractivity contribution in [3.05, 3.63) is 64.7 Å². The highest BCUT2D eigenvalue weighted by atomic mass is 16.5. The SMILES string of the molecule is Cc1ccc([C@@H]2O[C@H](CO)[C@@H](O)C(O)[C@H]2O)cc1Cc1ccc(OC2CCCC2)cc1. The summed E-state index contributed by atoms with van der Waals surface area (Å²) in [5.74, 6) is 0.905. The molecule has 1 heterocycles. The molecular formula is C25H32O6. The number of ether oxygens (including phenoxy) is 2. The first kappa shape index (κ1) is 22.2. The second-order valence-corrected chi connectivity index (χ2v) is 8.78. The van der Waals surface area contributed by atoms with E-state index >= 15 is 0 Å². The molecule has 1 saturated heterocycles. The van der Waals surface area contributed by atoms with E-state index in [0.29, 0.717) is 18.1 Å². The van der Waals surface area contributed by atoms with Crippen molar-refractivity contribution in [3.63, 3.8) is 0 Å². The summed E-state index contributed by atoms with van der Waals surface area (Å²) in [5, 5.41) is 40.0. The third-order valence-electron chi connectivity index (χ3n) is 6.52. The van der Waals surface area contributed by atoms with Crippen molar-refractivity contribution in [2.45, 2.75) is 75.7 Å². The Morgan fingerprint density at radius 1 is 0.935 bits per heavy atom. The van der Waals surface area contributed by atoms with Crippen molar-refractivity contribution in [2.24, 2.45) is 0 Å². The summed E-state index contributed by atoms with van der Waals surface area (Å²) in [5.41, 5.74) is 4.05. The lowest BCUT2D eigenvalue weighted by molar-refractivity contribution is -0.231. The van der Waals surface area contributed by atoms with Crippen LogP contribution in [0.1, 0.15) is 54.0 Å². The Hall–Kier alpha value is -1.96. The first-order chi connectivity index (χ1) is 15.0. The molecule has 4 N–H and O–H groups in total. The molecule has 0 aromatic heterocycles. The van der Waals surface area contributed by atoms with Crippen LogP contribution in [0.25, 0.3) is 0 Å². The van der Waals surface area contributed by atoms with E-state index in [4.69, 9.17) is 9.47 Å². The van der Waals surface area contributed by atoms with Gasteiger partial charge in [0, 0.05) is 0 Å². The van der Waals surface area contributed by atoms with Crippen molar-refractivity contribution in [1.29, 1.82) is 0 Å². The van der Waals surface area contributed by atoms with Crippen LogP contribution >= 0.6 is 0 Å². The Kier molecular flexibility index (Phi) is 6.94. The zero-order valence-electron chi connectivity index (χ0n) is 17.9. The molecule has 6 heteroatoms. The molecule has 2 aliphatic rings. The molecule has 6 nitrogen and oxygen atoms in total. The van der Waals surface area contributed by atoms with Crippen LogP contribution < -0.4 is 4.74 Å². The number of aliphatic hydroxyl groups is 4. The standard InChI is InChI=1S/C25H32O6/c1-15-6-9-17(25-24(29)23(28)22(27)21(14-26)31-25)13-18(15)12-16-7-10-20(11-8-16)30-19-4-2-3-5-19/h6-11,13,19,21-29H,2-5,12,14H2,1H3/t21-,22-,23?,24-,25+/m1/s1. The van der Waals surface area contributed by atoms with Gasteiger partial charge in [-0.25, -0.2) is 0 Å². The number of rotatable bonds is 6. The lowest BCUT2D eigenvalue weighted by Gasteiger charge is -2.40. The summed E-state index contributed by atoms with van der Waals surface area (Å²) < 4.78 is 11.8. The van der Waals surface area contributed by atoms with Gasteiger partial charge >= 0.3 is 0 Å². The molecule has 0 bridgehead atoms. The maximum atomic E-state index is 10.4. The Morgan fingerprint density at radius 2 is 1.65 bits per heavy atom. The van der Waals surface area contributed by atoms with Crippen molar-refractivity contribution < 1.29 is 29.9 Å². The third-order valence-corrected chi connectivity index (χ3v) is 6.52. The van der Waals surface area contributed by atoms with Crippen LogP contribution in [0.3, 0.4) is 0 Å². The molecule has 1 unspecified atom stereocenters. The van der Waals surface area contributed by atoms with E-state index in [1.54, 1.807) is 0 Å². The summed E-state index contributed by atoms with van der Waals surface area (Å²) in [6.07, 6.45) is 0.0400. The molecule has 2 aromatic rings. The van der Waals surface area contributed by atoms with Gasteiger partial charge in [-0.05, 0) is 73.4 Å². The van der Waals surface area contributed by atoms with E-state index < -0.39 is 37.1 Å². The smallest absolute Gasteiger partial charge is 0.119 e. The average molecular weight is 429 g/mol. The summed E-state index contributed by atoms with van der Waals surface area (Å²) >= 11 is 0. The molecule has 4 rings (SSSR count). The average Bonchev–Trinajstić information content (AvgIpc) is 3.28. The van der Waals surface area contributed by atoms with Gasteiger partial charge in [-0.1, -0.05) is 30.3 Å². The largest absolute Gasteiger partial charge is 0.490 e. The van der Waals surface area contributed by atoms with E-state index in [1.165, 1.54) is 12.8 Å². The van der Waals surface area contributed by atoms with Crippen molar-refractivity contribution in [3.8, 4) is 5.75 Å².